The van der Waals surface area contributed by atoms with Gasteiger partial charge in [0.05, 0.1) is 6.61 Å². The summed E-state index contributed by atoms with van der Waals surface area (Å²) >= 11 is 0. The van der Waals surface area contributed by atoms with Crippen LogP contribution in [-0.2, 0) is 15.3 Å². The van der Waals surface area contributed by atoms with Crippen molar-refractivity contribution in [2.24, 2.45) is 0 Å². The first-order valence-electron chi connectivity index (χ1n) is 12.1. The first kappa shape index (κ1) is 24.4. The first-order valence-corrected chi connectivity index (χ1v) is 13.8. The molecule has 0 N–H and O–H groups in total. The number of hydrogen-bond acceptors (Lipinski definition) is 3. The predicted octanol–water partition coefficient (Wildman–Crippen LogP) is 6.92. The lowest BCUT2D eigenvalue weighted by Crippen LogP contribution is -2.29. The summed E-state index contributed by atoms with van der Waals surface area (Å²) in [6.07, 6.45) is 11.9. The molecule has 3 nitrogen and oxygen atoms in total. The Morgan fingerprint density at radius 1 is 0.966 bits per heavy atom. The fourth-order valence-corrected chi connectivity index (χ4v) is 6.26. The van der Waals surface area contributed by atoms with Crippen LogP contribution in [0, 0.1) is 0 Å². The Labute approximate surface area is 181 Å². The van der Waals surface area contributed by atoms with Gasteiger partial charge in [-0.1, -0.05) is 44.7 Å². The lowest BCUT2D eigenvalue weighted by atomic mass is 9.83. The molecule has 1 aliphatic carbocycles. The molecule has 0 unspecified atom stereocenters. The fourth-order valence-electron chi connectivity index (χ4n) is 4.21. The second-order valence-electron chi connectivity index (χ2n) is 9.10. The molecule has 4 heteroatoms. The van der Waals surface area contributed by atoms with E-state index in [-0.39, 0.29) is 12.2 Å². The summed E-state index contributed by atoms with van der Waals surface area (Å²) in [4.78, 5) is 0. The molecular weight excluding hydrogens is 376 g/mol. The van der Waals surface area contributed by atoms with Gasteiger partial charge in [-0.15, -0.1) is 0 Å². The summed E-state index contributed by atoms with van der Waals surface area (Å²) in [5, 5.41) is 0. The van der Waals surface area contributed by atoms with Gasteiger partial charge in [-0.3, -0.25) is 0 Å². The highest BCUT2D eigenvalue weighted by molar-refractivity contribution is 6.44. The SMILES string of the molecule is CCCCc1ccc(OCCC[SiH](OC(C)C)OC(C)C)c(C2CCCCC2)c1. The number of aryl methyl sites for hydroxylation is 1. The Kier molecular flexibility index (Phi) is 11.3. The summed E-state index contributed by atoms with van der Waals surface area (Å²) < 4.78 is 18.4. The summed E-state index contributed by atoms with van der Waals surface area (Å²) in [6, 6.07) is 7.96. The van der Waals surface area contributed by atoms with Gasteiger partial charge in [-0.25, -0.2) is 0 Å². The molecule has 0 bridgehead atoms. The average molecular weight is 421 g/mol. The zero-order valence-corrected chi connectivity index (χ0v) is 20.7. The van der Waals surface area contributed by atoms with E-state index in [1.165, 1.54) is 62.5 Å². The van der Waals surface area contributed by atoms with Gasteiger partial charge in [0.2, 0.25) is 0 Å². The van der Waals surface area contributed by atoms with E-state index in [9.17, 15) is 0 Å². The maximum atomic E-state index is 6.32. The molecule has 1 aliphatic rings. The van der Waals surface area contributed by atoms with E-state index in [1.54, 1.807) is 0 Å². The molecule has 0 spiro atoms. The fraction of sp³-hybridized carbons (Fsp3) is 0.760. The van der Waals surface area contributed by atoms with E-state index >= 15 is 0 Å². The molecule has 29 heavy (non-hydrogen) atoms. The van der Waals surface area contributed by atoms with Crippen molar-refractivity contribution < 1.29 is 13.6 Å². The zero-order chi connectivity index (χ0) is 21.1. The number of unbranched alkanes of at least 4 members (excludes halogenated alkanes) is 1. The minimum absolute atomic E-state index is 0.236. The maximum Gasteiger partial charge on any atom is 0.321 e. The molecule has 0 heterocycles. The third-order valence-corrected chi connectivity index (χ3v) is 8.20. The van der Waals surface area contributed by atoms with E-state index in [2.05, 4.69) is 52.8 Å². The lowest BCUT2D eigenvalue weighted by molar-refractivity contribution is 0.128. The lowest BCUT2D eigenvalue weighted by Gasteiger charge is -2.25. The van der Waals surface area contributed by atoms with Crippen molar-refractivity contribution in [2.75, 3.05) is 6.61 Å². The Morgan fingerprint density at radius 2 is 1.66 bits per heavy atom. The summed E-state index contributed by atoms with van der Waals surface area (Å²) in [5.41, 5.74) is 2.94. The Balaban J connectivity index is 1.95. The van der Waals surface area contributed by atoms with Crippen LogP contribution in [0.4, 0.5) is 0 Å². The number of ether oxygens (including phenoxy) is 1. The molecule has 2 rings (SSSR count). The maximum absolute atomic E-state index is 6.32. The minimum Gasteiger partial charge on any atom is -0.493 e. The van der Waals surface area contributed by atoms with E-state index < -0.39 is 9.28 Å². The molecule has 166 valence electrons. The molecule has 0 radical (unpaired) electrons. The Bertz CT molecular complexity index is 557. The van der Waals surface area contributed by atoms with Crippen molar-refractivity contribution in [3.63, 3.8) is 0 Å². The van der Waals surface area contributed by atoms with Gasteiger partial charge in [0, 0.05) is 12.2 Å². The van der Waals surface area contributed by atoms with Crippen molar-refractivity contribution in [3.05, 3.63) is 29.3 Å². The zero-order valence-electron chi connectivity index (χ0n) is 19.5. The number of hydrogen-bond donors (Lipinski definition) is 0. The molecule has 1 fully saturated rings. The van der Waals surface area contributed by atoms with Gasteiger partial charge in [0.1, 0.15) is 5.75 Å². The van der Waals surface area contributed by atoms with Gasteiger partial charge >= 0.3 is 9.28 Å². The van der Waals surface area contributed by atoms with Crippen LogP contribution >= 0.6 is 0 Å². The van der Waals surface area contributed by atoms with Crippen molar-refractivity contribution in [1.29, 1.82) is 0 Å². The molecule has 0 aromatic heterocycles. The van der Waals surface area contributed by atoms with E-state index in [0.29, 0.717) is 5.92 Å². The van der Waals surface area contributed by atoms with Crippen LogP contribution in [0.25, 0.3) is 0 Å². The Hall–Kier alpha value is -0.843. The first-order chi connectivity index (χ1) is 14.0. The van der Waals surface area contributed by atoms with Crippen LogP contribution < -0.4 is 4.74 Å². The molecule has 1 saturated carbocycles. The van der Waals surface area contributed by atoms with Crippen LogP contribution in [0.1, 0.15) is 103 Å². The summed E-state index contributed by atoms with van der Waals surface area (Å²) in [6.45, 7) is 11.4. The third-order valence-electron chi connectivity index (χ3n) is 5.63. The van der Waals surface area contributed by atoms with E-state index in [4.69, 9.17) is 13.6 Å². The molecule has 1 aromatic rings. The Morgan fingerprint density at radius 3 is 2.28 bits per heavy atom. The molecule has 0 atom stereocenters. The molecule has 1 aromatic carbocycles. The van der Waals surface area contributed by atoms with Crippen molar-refractivity contribution in [3.8, 4) is 5.75 Å². The monoisotopic (exact) mass is 420 g/mol. The van der Waals surface area contributed by atoms with E-state index in [1.807, 2.05) is 0 Å². The molecular formula is C25H44O3Si. The van der Waals surface area contributed by atoms with Crippen molar-refractivity contribution >= 4 is 9.28 Å². The summed E-state index contributed by atoms with van der Waals surface area (Å²) in [7, 11) is -1.62. The summed E-state index contributed by atoms with van der Waals surface area (Å²) in [5.74, 6) is 1.79. The second kappa shape index (κ2) is 13.5. The highest BCUT2D eigenvalue weighted by Gasteiger charge is 2.21. The quantitative estimate of drug-likeness (QED) is 0.256. The average Bonchev–Trinajstić information content (AvgIpc) is 2.69. The normalized spacial score (nSPS) is 15.6. The van der Waals surface area contributed by atoms with Crippen LogP contribution in [-0.4, -0.2) is 28.1 Å². The molecule has 0 aliphatic heterocycles. The topological polar surface area (TPSA) is 27.7 Å². The highest BCUT2D eigenvalue weighted by Crippen LogP contribution is 2.38. The van der Waals surface area contributed by atoms with Gasteiger partial charge in [-0.05, 0) is 89.0 Å². The predicted molar refractivity (Wildman–Crippen MR) is 125 cm³/mol. The van der Waals surface area contributed by atoms with Gasteiger partial charge in [-0.2, -0.15) is 0 Å². The van der Waals surface area contributed by atoms with Crippen LogP contribution in [0.5, 0.6) is 5.75 Å². The van der Waals surface area contributed by atoms with Crippen molar-refractivity contribution in [2.45, 2.75) is 117 Å². The third kappa shape index (κ3) is 9.23. The number of benzene rings is 1. The second-order valence-corrected chi connectivity index (χ2v) is 11.1. The largest absolute Gasteiger partial charge is 0.493 e. The van der Waals surface area contributed by atoms with Crippen LogP contribution in [0.2, 0.25) is 6.04 Å². The van der Waals surface area contributed by atoms with E-state index in [0.717, 1.165) is 24.8 Å². The molecule has 0 amide bonds. The van der Waals surface area contributed by atoms with Gasteiger partial charge < -0.3 is 13.6 Å². The number of rotatable bonds is 13. The molecule has 0 saturated heterocycles. The van der Waals surface area contributed by atoms with Gasteiger partial charge in [0.15, 0.2) is 0 Å². The highest BCUT2D eigenvalue weighted by atomic mass is 28.3. The van der Waals surface area contributed by atoms with Crippen molar-refractivity contribution in [1.82, 2.24) is 0 Å². The van der Waals surface area contributed by atoms with Crippen LogP contribution in [0.15, 0.2) is 18.2 Å². The van der Waals surface area contributed by atoms with Crippen LogP contribution in [0.3, 0.4) is 0 Å². The smallest absolute Gasteiger partial charge is 0.321 e. The van der Waals surface area contributed by atoms with Gasteiger partial charge in [0.25, 0.3) is 0 Å². The standard InChI is InChI=1S/C25H44O3Si/c1-6-7-12-22-15-16-25(24(19-22)23-13-9-8-10-14-23)26-17-11-18-29(27-20(2)3)28-21(4)5/h15-16,19-21,23,29H,6-14,17-18H2,1-5H3. The minimum atomic E-state index is -1.62.